The van der Waals surface area contributed by atoms with Crippen LogP contribution in [0.25, 0.3) is 0 Å². The molecule has 1 saturated heterocycles. The van der Waals surface area contributed by atoms with Gasteiger partial charge in [-0.25, -0.2) is 0 Å². The molecule has 5 nitrogen and oxygen atoms in total. The van der Waals surface area contributed by atoms with Crippen LogP contribution in [-0.4, -0.2) is 67.7 Å². The molecule has 1 heterocycles. The van der Waals surface area contributed by atoms with E-state index in [9.17, 15) is 4.79 Å². The molecule has 2 rings (SSSR count). The topological polar surface area (TPSA) is 47.0 Å². The molecule has 1 fully saturated rings. The van der Waals surface area contributed by atoms with Crippen molar-refractivity contribution in [1.82, 2.24) is 9.80 Å². The maximum atomic E-state index is 10.6. The lowest BCUT2D eigenvalue weighted by molar-refractivity contribution is -0.137. The lowest BCUT2D eigenvalue weighted by Gasteiger charge is -2.34. The number of rotatable bonds is 6. The van der Waals surface area contributed by atoms with Crippen molar-refractivity contribution < 1.29 is 9.90 Å². The van der Waals surface area contributed by atoms with Gasteiger partial charge < -0.3 is 14.9 Å². The fourth-order valence-corrected chi connectivity index (χ4v) is 2.58. The lowest BCUT2D eigenvalue weighted by Crippen LogP contribution is -2.46. The first-order valence-electron chi connectivity index (χ1n) is 7.47. The molecular formula is C16H25N3O2. The first kappa shape index (κ1) is 15.8. The van der Waals surface area contributed by atoms with Gasteiger partial charge in [0.2, 0.25) is 0 Å². The molecule has 21 heavy (non-hydrogen) atoms. The number of piperazine rings is 1. The van der Waals surface area contributed by atoms with Gasteiger partial charge in [0.1, 0.15) is 0 Å². The highest BCUT2D eigenvalue weighted by molar-refractivity contribution is 5.66. The minimum absolute atomic E-state index is 0.242. The zero-order valence-corrected chi connectivity index (χ0v) is 13.0. The number of hydrogen-bond acceptors (Lipinski definition) is 4. The van der Waals surface area contributed by atoms with Crippen LogP contribution in [0.2, 0.25) is 0 Å². The molecular weight excluding hydrogens is 266 g/mol. The van der Waals surface area contributed by atoms with Gasteiger partial charge in [-0.1, -0.05) is 12.1 Å². The highest BCUT2D eigenvalue weighted by Crippen LogP contribution is 2.14. The van der Waals surface area contributed by atoms with E-state index in [-0.39, 0.29) is 6.42 Å². The van der Waals surface area contributed by atoms with E-state index in [2.05, 4.69) is 39.0 Å². The van der Waals surface area contributed by atoms with Gasteiger partial charge in [-0.05, 0) is 17.7 Å². The zero-order valence-electron chi connectivity index (χ0n) is 13.0. The van der Waals surface area contributed by atoms with Crippen molar-refractivity contribution in [2.45, 2.75) is 13.0 Å². The van der Waals surface area contributed by atoms with Gasteiger partial charge in [0.25, 0.3) is 0 Å². The number of benzene rings is 1. The molecule has 0 saturated carbocycles. The van der Waals surface area contributed by atoms with Crippen LogP contribution in [0, 0.1) is 0 Å². The second-order valence-corrected chi connectivity index (χ2v) is 5.82. The standard InChI is InChI=1S/C16H25N3O2/c1-17(2)15-5-3-14(4-6-15)13-19-11-9-18(10-12-19)8-7-16(20)21/h3-6H,7-13H2,1-2H3,(H,20,21). The van der Waals surface area contributed by atoms with Crippen molar-refractivity contribution in [3.8, 4) is 0 Å². The number of carboxylic acid groups (broad SMARTS) is 1. The number of carbonyl (C=O) groups is 1. The summed E-state index contributed by atoms with van der Waals surface area (Å²) in [6.07, 6.45) is 0.242. The van der Waals surface area contributed by atoms with Crippen molar-refractivity contribution in [2.75, 3.05) is 51.7 Å². The minimum Gasteiger partial charge on any atom is -0.481 e. The summed E-state index contributed by atoms with van der Waals surface area (Å²) in [6.45, 7) is 5.58. The second kappa shape index (κ2) is 7.43. The summed E-state index contributed by atoms with van der Waals surface area (Å²) in [4.78, 5) is 17.4. The normalized spacial score (nSPS) is 16.9. The molecule has 1 aliphatic heterocycles. The molecule has 0 bridgehead atoms. The van der Waals surface area contributed by atoms with Crippen molar-refractivity contribution in [1.29, 1.82) is 0 Å². The number of anilines is 1. The third-order valence-electron chi connectivity index (χ3n) is 3.97. The summed E-state index contributed by atoms with van der Waals surface area (Å²) in [7, 11) is 4.09. The van der Waals surface area contributed by atoms with E-state index in [1.54, 1.807) is 0 Å². The van der Waals surface area contributed by atoms with Crippen molar-refractivity contribution >= 4 is 11.7 Å². The van der Waals surface area contributed by atoms with Crippen LogP contribution < -0.4 is 4.90 Å². The first-order valence-corrected chi connectivity index (χ1v) is 7.47. The Labute approximate surface area is 126 Å². The van der Waals surface area contributed by atoms with Crippen LogP contribution in [0.1, 0.15) is 12.0 Å². The van der Waals surface area contributed by atoms with Gasteiger partial charge in [0, 0.05) is 59.1 Å². The van der Waals surface area contributed by atoms with Crippen molar-refractivity contribution in [3.63, 3.8) is 0 Å². The monoisotopic (exact) mass is 291 g/mol. The SMILES string of the molecule is CN(C)c1ccc(CN2CCN(CCC(=O)O)CC2)cc1. The fraction of sp³-hybridized carbons (Fsp3) is 0.562. The smallest absolute Gasteiger partial charge is 0.304 e. The summed E-state index contributed by atoms with van der Waals surface area (Å²) >= 11 is 0. The molecule has 1 N–H and O–H groups in total. The number of aliphatic carboxylic acids is 1. The maximum Gasteiger partial charge on any atom is 0.304 e. The Morgan fingerprint density at radius 1 is 1.10 bits per heavy atom. The molecule has 0 amide bonds. The highest BCUT2D eigenvalue weighted by atomic mass is 16.4. The van der Waals surface area contributed by atoms with Crippen LogP contribution in [-0.2, 0) is 11.3 Å². The quantitative estimate of drug-likeness (QED) is 0.857. The minimum atomic E-state index is -0.710. The van der Waals surface area contributed by atoms with Crippen molar-refractivity contribution in [2.24, 2.45) is 0 Å². The van der Waals surface area contributed by atoms with E-state index in [4.69, 9.17) is 5.11 Å². The molecule has 5 heteroatoms. The molecule has 1 aromatic rings. The van der Waals surface area contributed by atoms with Gasteiger partial charge >= 0.3 is 5.97 Å². The van der Waals surface area contributed by atoms with E-state index >= 15 is 0 Å². The first-order chi connectivity index (χ1) is 10.0. The Hall–Kier alpha value is -1.59. The summed E-state index contributed by atoms with van der Waals surface area (Å²) < 4.78 is 0. The Bertz CT molecular complexity index is 451. The van der Waals surface area contributed by atoms with Gasteiger partial charge in [0.05, 0.1) is 6.42 Å². The van der Waals surface area contributed by atoms with E-state index in [0.29, 0.717) is 6.54 Å². The van der Waals surface area contributed by atoms with Crippen LogP contribution in [0.4, 0.5) is 5.69 Å². The van der Waals surface area contributed by atoms with Gasteiger partial charge in [0.15, 0.2) is 0 Å². The summed E-state index contributed by atoms with van der Waals surface area (Å²) in [6, 6.07) is 8.68. The molecule has 0 atom stereocenters. The van der Waals surface area contributed by atoms with E-state index in [0.717, 1.165) is 32.7 Å². The Morgan fingerprint density at radius 2 is 1.67 bits per heavy atom. The fourth-order valence-electron chi connectivity index (χ4n) is 2.58. The van der Waals surface area contributed by atoms with Crippen LogP contribution in [0.5, 0.6) is 0 Å². The average molecular weight is 291 g/mol. The summed E-state index contributed by atoms with van der Waals surface area (Å²) in [5, 5.41) is 8.71. The third kappa shape index (κ3) is 5.02. The molecule has 0 spiro atoms. The van der Waals surface area contributed by atoms with Crippen LogP contribution in [0.15, 0.2) is 24.3 Å². The Morgan fingerprint density at radius 3 is 2.19 bits per heavy atom. The largest absolute Gasteiger partial charge is 0.481 e. The van der Waals surface area contributed by atoms with Gasteiger partial charge in [-0.3, -0.25) is 9.69 Å². The van der Waals surface area contributed by atoms with E-state index in [1.165, 1.54) is 11.3 Å². The highest BCUT2D eigenvalue weighted by Gasteiger charge is 2.17. The number of carboxylic acids is 1. The number of hydrogen-bond donors (Lipinski definition) is 1. The lowest BCUT2D eigenvalue weighted by atomic mass is 10.1. The van der Waals surface area contributed by atoms with Crippen LogP contribution in [0.3, 0.4) is 0 Å². The Balaban J connectivity index is 1.76. The molecule has 0 aliphatic carbocycles. The van der Waals surface area contributed by atoms with E-state index < -0.39 is 5.97 Å². The Kier molecular flexibility index (Phi) is 5.59. The molecule has 1 aliphatic rings. The van der Waals surface area contributed by atoms with Gasteiger partial charge in [-0.15, -0.1) is 0 Å². The molecule has 0 aromatic heterocycles. The van der Waals surface area contributed by atoms with E-state index in [1.807, 2.05) is 14.1 Å². The molecule has 1 aromatic carbocycles. The van der Waals surface area contributed by atoms with Gasteiger partial charge in [-0.2, -0.15) is 0 Å². The molecule has 116 valence electrons. The maximum absolute atomic E-state index is 10.6. The zero-order chi connectivity index (χ0) is 15.2. The molecule has 0 radical (unpaired) electrons. The predicted octanol–water partition coefficient (Wildman–Crippen LogP) is 1.34. The third-order valence-corrected chi connectivity index (χ3v) is 3.97. The van der Waals surface area contributed by atoms with Crippen LogP contribution >= 0.6 is 0 Å². The average Bonchev–Trinajstić information content (AvgIpc) is 2.47. The summed E-state index contributed by atoms with van der Waals surface area (Å²) in [5.74, 6) is -0.710. The molecule has 0 unspecified atom stereocenters. The van der Waals surface area contributed by atoms with Crippen molar-refractivity contribution in [3.05, 3.63) is 29.8 Å². The number of nitrogens with zero attached hydrogens (tertiary/aromatic N) is 3. The predicted molar refractivity (Wildman–Crippen MR) is 84.7 cm³/mol. The summed E-state index contributed by atoms with van der Waals surface area (Å²) in [5.41, 5.74) is 2.55. The second-order valence-electron chi connectivity index (χ2n) is 5.82.